The zero-order valence-corrected chi connectivity index (χ0v) is 12.9. The number of benzene rings is 1. The van der Waals surface area contributed by atoms with Crippen molar-refractivity contribution in [1.29, 1.82) is 0 Å². The quantitative estimate of drug-likeness (QED) is 0.458. The second-order valence-corrected chi connectivity index (χ2v) is 6.18. The molecular weight excluding hydrogens is 375 g/mol. The minimum Gasteiger partial charge on any atom is -0.481 e. The molecule has 2 rings (SSSR count). The van der Waals surface area contributed by atoms with E-state index < -0.39 is 10.9 Å². The van der Waals surface area contributed by atoms with Crippen LogP contribution in [0.4, 0.5) is 11.4 Å². The first-order valence-corrected chi connectivity index (χ1v) is 7.47. The van der Waals surface area contributed by atoms with Gasteiger partial charge in [0.1, 0.15) is 5.69 Å². The summed E-state index contributed by atoms with van der Waals surface area (Å²) >= 11 is 2.02. The van der Waals surface area contributed by atoms with Crippen molar-refractivity contribution in [2.24, 2.45) is 11.8 Å². The highest BCUT2D eigenvalue weighted by Crippen LogP contribution is 2.33. The number of aliphatic carboxylic acids is 1. The Morgan fingerprint density at radius 2 is 2.25 bits per heavy atom. The zero-order valence-electron chi connectivity index (χ0n) is 10.7. The maximum atomic E-state index is 11.1. The van der Waals surface area contributed by atoms with Gasteiger partial charge in [-0.25, -0.2) is 0 Å². The molecule has 108 valence electrons. The molecule has 0 radical (unpaired) electrons. The molecule has 6 nitrogen and oxygen atoms in total. The van der Waals surface area contributed by atoms with Crippen LogP contribution in [0.2, 0.25) is 0 Å². The average Bonchev–Trinajstić information content (AvgIpc) is 2.85. The molecule has 1 fully saturated rings. The third-order valence-electron chi connectivity index (χ3n) is 3.69. The van der Waals surface area contributed by atoms with Crippen LogP contribution in [0.3, 0.4) is 0 Å². The molecule has 2 atom stereocenters. The number of nitro benzene ring substituents is 1. The van der Waals surface area contributed by atoms with Crippen LogP contribution >= 0.6 is 22.6 Å². The minimum absolute atomic E-state index is 0.0294. The van der Waals surface area contributed by atoms with E-state index in [1.165, 1.54) is 6.07 Å². The third kappa shape index (κ3) is 3.38. The molecule has 0 aliphatic heterocycles. The predicted octanol–water partition coefficient (Wildman–Crippen LogP) is 3.11. The van der Waals surface area contributed by atoms with E-state index in [-0.39, 0.29) is 17.5 Å². The van der Waals surface area contributed by atoms with Crippen molar-refractivity contribution in [3.63, 3.8) is 0 Å². The Kier molecular flexibility index (Phi) is 4.79. The fraction of sp³-hybridized carbons (Fsp3) is 0.462. The van der Waals surface area contributed by atoms with E-state index >= 15 is 0 Å². The second-order valence-electron chi connectivity index (χ2n) is 4.94. The second kappa shape index (κ2) is 6.38. The maximum Gasteiger partial charge on any atom is 0.306 e. The number of carbonyl (C=O) groups is 1. The van der Waals surface area contributed by atoms with Gasteiger partial charge in [0.05, 0.1) is 10.8 Å². The van der Waals surface area contributed by atoms with Gasteiger partial charge in [-0.1, -0.05) is 6.42 Å². The average molecular weight is 390 g/mol. The molecule has 2 unspecified atom stereocenters. The summed E-state index contributed by atoms with van der Waals surface area (Å²) in [6.45, 7) is 0.457. The number of halogens is 1. The Hall–Kier alpha value is -1.38. The molecular formula is C13H15IN2O4. The Balaban J connectivity index is 2.07. The Labute approximate surface area is 129 Å². The Morgan fingerprint density at radius 1 is 1.50 bits per heavy atom. The molecule has 0 heterocycles. The fourth-order valence-corrected chi connectivity index (χ4v) is 3.13. The van der Waals surface area contributed by atoms with Gasteiger partial charge in [0, 0.05) is 16.2 Å². The highest BCUT2D eigenvalue weighted by Gasteiger charge is 2.32. The van der Waals surface area contributed by atoms with E-state index in [4.69, 9.17) is 5.11 Å². The number of nitro groups is 1. The standard InChI is InChI=1S/C13H15IN2O4/c14-9-4-5-11(12(6-9)16(19)20)15-7-8-2-1-3-10(8)13(17)18/h4-6,8,10,15H,1-3,7H2,(H,17,18). The molecule has 0 aromatic heterocycles. The Morgan fingerprint density at radius 3 is 2.90 bits per heavy atom. The van der Waals surface area contributed by atoms with Crippen LogP contribution in [0.15, 0.2) is 18.2 Å². The summed E-state index contributed by atoms with van der Waals surface area (Å²) in [5.74, 6) is -1.08. The van der Waals surface area contributed by atoms with Crippen LogP contribution in [-0.4, -0.2) is 22.5 Å². The number of nitrogens with zero attached hydrogens (tertiary/aromatic N) is 1. The van der Waals surface area contributed by atoms with E-state index in [2.05, 4.69) is 5.32 Å². The molecule has 1 aliphatic rings. The van der Waals surface area contributed by atoms with Gasteiger partial charge in [-0.2, -0.15) is 0 Å². The van der Waals surface area contributed by atoms with Crippen molar-refractivity contribution in [3.8, 4) is 0 Å². The predicted molar refractivity (Wildman–Crippen MR) is 82.8 cm³/mol. The first-order valence-electron chi connectivity index (χ1n) is 6.39. The lowest BCUT2D eigenvalue weighted by Gasteiger charge is -2.17. The summed E-state index contributed by atoms with van der Waals surface area (Å²) in [6, 6.07) is 4.97. The summed E-state index contributed by atoms with van der Waals surface area (Å²) < 4.78 is 0.795. The Bertz CT molecular complexity index is 535. The van der Waals surface area contributed by atoms with Crippen LogP contribution in [0, 0.1) is 25.5 Å². The van der Waals surface area contributed by atoms with Crippen molar-refractivity contribution in [1.82, 2.24) is 0 Å². The molecule has 1 aromatic carbocycles. The smallest absolute Gasteiger partial charge is 0.306 e. The molecule has 0 bridgehead atoms. The zero-order chi connectivity index (χ0) is 14.7. The van der Waals surface area contributed by atoms with Crippen molar-refractivity contribution in [3.05, 3.63) is 31.9 Å². The number of hydrogen-bond donors (Lipinski definition) is 2. The summed E-state index contributed by atoms with van der Waals surface area (Å²) in [4.78, 5) is 21.7. The lowest BCUT2D eigenvalue weighted by Crippen LogP contribution is -2.24. The van der Waals surface area contributed by atoms with Gasteiger partial charge in [0.25, 0.3) is 5.69 Å². The van der Waals surface area contributed by atoms with Crippen LogP contribution in [0.1, 0.15) is 19.3 Å². The van der Waals surface area contributed by atoms with Gasteiger partial charge in [-0.05, 0) is 53.5 Å². The van der Waals surface area contributed by atoms with Gasteiger partial charge in [0.15, 0.2) is 0 Å². The van der Waals surface area contributed by atoms with Gasteiger partial charge >= 0.3 is 5.97 Å². The van der Waals surface area contributed by atoms with E-state index in [9.17, 15) is 14.9 Å². The largest absolute Gasteiger partial charge is 0.481 e. The molecule has 20 heavy (non-hydrogen) atoms. The number of carboxylic acid groups (broad SMARTS) is 1. The van der Waals surface area contributed by atoms with Gasteiger partial charge < -0.3 is 10.4 Å². The van der Waals surface area contributed by atoms with E-state index in [0.29, 0.717) is 18.7 Å². The molecule has 7 heteroatoms. The van der Waals surface area contributed by atoms with Crippen molar-refractivity contribution in [2.75, 3.05) is 11.9 Å². The number of nitrogens with one attached hydrogen (secondary N) is 1. The lowest BCUT2D eigenvalue weighted by atomic mass is 9.96. The number of carboxylic acids is 1. The monoisotopic (exact) mass is 390 g/mol. The minimum atomic E-state index is -0.772. The van der Waals surface area contributed by atoms with Crippen molar-refractivity contribution < 1.29 is 14.8 Å². The van der Waals surface area contributed by atoms with Gasteiger partial charge in [-0.3, -0.25) is 14.9 Å². The number of anilines is 1. The maximum absolute atomic E-state index is 11.1. The van der Waals surface area contributed by atoms with Crippen molar-refractivity contribution in [2.45, 2.75) is 19.3 Å². The van der Waals surface area contributed by atoms with Gasteiger partial charge in [-0.15, -0.1) is 0 Å². The van der Waals surface area contributed by atoms with Gasteiger partial charge in [0.2, 0.25) is 0 Å². The van der Waals surface area contributed by atoms with E-state index in [1.54, 1.807) is 12.1 Å². The summed E-state index contributed by atoms with van der Waals surface area (Å²) in [7, 11) is 0. The topological polar surface area (TPSA) is 92.5 Å². The van der Waals surface area contributed by atoms with Crippen molar-refractivity contribution >= 4 is 39.9 Å². The molecule has 2 N–H and O–H groups in total. The molecule has 1 aromatic rings. The van der Waals surface area contributed by atoms with Crippen LogP contribution in [-0.2, 0) is 4.79 Å². The molecule has 0 spiro atoms. The first-order chi connectivity index (χ1) is 9.49. The lowest BCUT2D eigenvalue weighted by molar-refractivity contribution is -0.384. The third-order valence-corrected chi connectivity index (χ3v) is 4.36. The highest BCUT2D eigenvalue weighted by molar-refractivity contribution is 14.1. The summed E-state index contributed by atoms with van der Waals surface area (Å²) in [5.41, 5.74) is 0.480. The summed E-state index contributed by atoms with van der Waals surface area (Å²) in [5, 5.41) is 23.2. The van der Waals surface area contributed by atoms with E-state index in [1.807, 2.05) is 22.6 Å². The van der Waals surface area contributed by atoms with Crippen LogP contribution in [0.25, 0.3) is 0 Å². The summed E-state index contributed by atoms with van der Waals surface area (Å²) in [6.07, 6.45) is 2.44. The first kappa shape index (κ1) is 15.0. The molecule has 0 saturated heterocycles. The normalized spacial score (nSPS) is 21.6. The number of rotatable bonds is 5. The number of hydrogen-bond acceptors (Lipinski definition) is 4. The molecule has 0 amide bonds. The van der Waals surface area contributed by atoms with E-state index in [0.717, 1.165) is 16.4 Å². The highest BCUT2D eigenvalue weighted by atomic mass is 127. The fourth-order valence-electron chi connectivity index (χ4n) is 2.65. The van der Waals surface area contributed by atoms with Crippen LogP contribution in [0.5, 0.6) is 0 Å². The SMILES string of the molecule is O=C(O)C1CCCC1CNc1ccc(I)cc1[N+](=O)[O-]. The molecule has 1 aliphatic carbocycles. The molecule has 1 saturated carbocycles. The van der Waals surface area contributed by atoms with Crippen LogP contribution < -0.4 is 5.32 Å².